The molecule has 1 N–H and O–H groups in total. The lowest BCUT2D eigenvalue weighted by atomic mass is 10.2. The molecule has 6 heteroatoms. The van der Waals surface area contributed by atoms with Crippen LogP contribution in [0.3, 0.4) is 0 Å². The van der Waals surface area contributed by atoms with Gasteiger partial charge in [0.1, 0.15) is 0 Å². The van der Waals surface area contributed by atoms with Crippen LogP contribution in [-0.4, -0.2) is 26.0 Å². The minimum absolute atomic E-state index is 0.163. The summed E-state index contributed by atoms with van der Waals surface area (Å²) in [4.78, 5) is 23.9. The second kappa shape index (κ2) is 4.36. The van der Waals surface area contributed by atoms with Crippen LogP contribution in [0.5, 0.6) is 0 Å². The van der Waals surface area contributed by atoms with E-state index in [2.05, 4.69) is 15.0 Å². The lowest BCUT2D eigenvalue weighted by Crippen LogP contribution is -2.06. The van der Waals surface area contributed by atoms with Gasteiger partial charge in [0.05, 0.1) is 21.6 Å². The quantitative estimate of drug-likeness (QED) is 0.878. The molecule has 0 aliphatic rings. The van der Waals surface area contributed by atoms with Gasteiger partial charge in [0.25, 0.3) is 0 Å². The second-order valence-corrected chi connectivity index (χ2v) is 3.96. The summed E-state index contributed by atoms with van der Waals surface area (Å²) < 4.78 is 0. The van der Waals surface area contributed by atoms with E-state index in [1.54, 1.807) is 11.7 Å². The summed E-state index contributed by atoms with van der Waals surface area (Å²) in [7, 11) is 0. The molecule has 0 radical (unpaired) electrons. The van der Waals surface area contributed by atoms with Crippen LogP contribution >= 0.6 is 11.3 Å². The van der Waals surface area contributed by atoms with E-state index < -0.39 is 5.97 Å². The van der Waals surface area contributed by atoms with E-state index in [9.17, 15) is 4.79 Å². The highest BCUT2D eigenvalue weighted by atomic mass is 32.1. The first kappa shape index (κ1) is 10.7. The molecule has 2 aromatic heterocycles. The van der Waals surface area contributed by atoms with Crippen LogP contribution in [0.15, 0.2) is 17.9 Å². The Morgan fingerprint density at radius 3 is 2.88 bits per heavy atom. The molecule has 5 nitrogen and oxygen atoms in total. The monoisotopic (exact) mass is 235 g/mol. The SMILES string of the molecule is CCc1nc(-c2cncs2)ncc1C(=O)O. The molecule has 2 rings (SSSR count). The molecule has 0 aliphatic heterocycles. The minimum atomic E-state index is -0.993. The van der Waals surface area contributed by atoms with Gasteiger partial charge in [-0.05, 0) is 6.42 Å². The molecule has 2 aromatic rings. The highest BCUT2D eigenvalue weighted by Gasteiger charge is 2.13. The fourth-order valence-electron chi connectivity index (χ4n) is 1.31. The number of hydrogen-bond donors (Lipinski definition) is 1. The van der Waals surface area contributed by atoms with Crippen molar-refractivity contribution in [2.45, 2.75) is 13.3 Å². The van der Waals surface area contributed by atoms with Gasteiger partial charge < -0.3 is 5.11 Å². The zero-order valence-corrected chi connectivity index (χ0v) is 9.36. The largest absolute Gasteiger partial charge is 0.478 e. The van der Waals surface area contributed by atoms with Crippen LogP contribution in [0.25, 0.3) is 10.7 Å². The maximum Gasteiger partial charge on any atom is 0.339 e. The van der Waals surface area contributed by atoms with Gasteiger partial charge in [0.2, 0.25) is 0 Å². The summed E-state index contributed by atoms with van der Waals surface area (Å²) in [6.45, 7) is 1.87. The lowest BCUT2D eigenvalue weighted by Gasteiger charge is -2.03. The molecule has 0 amide bonds. The smallest absolute Gasteiger partial charge is 0.339 e. The Bertz CT molecular complexity index is 511. The van der Waals surface area contributed by atoms with Crippen molar-refractivity contribution < 1.29 is 9.90 Å². The number of carboxylic acids is 1. The van der Waals surface area contributed by atoms with Crippen LogP contribution in [0, 0.1) is 0 Å². The van der Waals surface area contributed by atoms with Crippen molar-refractivity contribution in [1.29, 1.82) is 0 Å². The topological polar surface area (TPSA) is 76.0 Å². The van der Waals surface area contributed by atoms with Gasteiger partial charge in [-0.3, -0.25) is 4.98 Å². The van der Waals surface area contributed by atoms with E-state index in [0.717, 1.165) is 4.88 Å². The Morgan fingerprint density at radius 2 is 2.31 bits per heavy atom. The number of aromatic nitrogens is 3. The summed E-state index contributed by atoms with van der Waals surface area (Å²) in [6, 6.07) is 0. The average molecular weight is 235 g/mol. The molecule has 0 saturated carbocycles. The molecule has 0 fully saturated rings. The van der Waals surface area contributed by atoms with Crippen LogP contribution < -0.4 is 0 Å². The number of aryl methyl sites for hydroxylation is 1. The number of rotatable bonds is 3. The molecular weight excluding hydrogens is 226 g/mol. The van der Waals surface area contributed by atoms with E-state index in [1.807, 2.05) is 6.92 Å². The van der Waals surface area contributed by atoms with Gasteiger partial charge in [0.15, 0.2) is 5.82 Å². The van der Waals surface area contributed by atoms with Crippen molar-refractivity contribution in [2.75, 3.05) is 0 Å². The van der Waals surface area contributed by atoms with Gasteiger partial charge >= 0.3 is 5.97 Å². The van der Waals surface area contributed by atoms with Crippen molar-refractivity contribution in [3.8, 4) is 10.7 Å². The summed E-state index contributed by atoms with van der Waals surface area (Å²) in [5, 5.41) is 8.93. The van der Waals surface area contributed by atoms with Gasteiger partial charge in [-0.1, -0.05) is 6.92 Å². The van der Waals surface area contributed by atoms with E-state index in [1.165, 1.54) is 17.5 Å². The molecular formula is C10H9N3O2S. The van der Waals surface area contributed by atoms with E-state index in [4.69, 9.17) is 5.11 Å². The Balaban J connectivity index is 2.49. The number of hydrogen-bond acceptors (Lipinski definition) is 5. The van der Waals surface area contributed by atoms with Crippen LogP contribution in [0.1, 0.15) is 23.0 Å². The molecule has 0 spiro atoms. The maximum atomic E-state index is 10.9. The first-order chi connectivity index (χ1) is 7.72. The molecule has 0 aromatic carbocycles. The fourth-order valence-corrected chi connectivity index (χ4v) is 1.87. The molecule has 2 heterocycles. The second-order valence-electron chi connectivity index (χ2n) is 3.08. The van der Waals surface area contributed by atoms with Gasteiger partial charge in [-0.25, -0.2) is 14.8 Å². The van der Waals surface area contributed by atoms with Gasteiger partial charge in [-0.2, -0.15) is 0 Å². The van der Waals surface area contributed by atoms with Gasteiger partial charge in [0, 0.05) is 12.4 Å². The molecule has 0 atom stereocenters. The normalized spacial score (nSPS) is 10.3. The van der Waals surface area contributed by atoms with E-state index in [0.29, 0.717) is 17.9 Å². The van der Waals surface area contributed by atoms with E-state index in [-0.39, 0.29) is 5.56 Å². The first-order valence-corrected chi connectivity index (χ1v) is 5.58. The molecule has 0 saturated heterocycles. The zero-order chi connectivity index (χ0) is 11.5. The number of aromatic carboxylic acids is 1. The third-order valence-corrected chi connectivity index (χ3v) is 2.85. The first-order valence-electron chi connectivity index (χ1n) is 4.70. The number of thiazole rings is 1. The third-order valence-electron chi connectivity index (χ3n) is 2.09. The van der Waals surface area contributed by atoms with Crippen LogP contribution in [0.2, 0.25) is 0 Å². The fraction of sp³-hybridized carbons (Fsp3) is 0.200. The third kappa shape index (κ3) is 1.92. The standard InChI is InChI=1S/C10H9N3O2S/c1-2-7-6(10(14)15)3-12-9(13-7)8-4-11-5-16-8/h3-5H,2H2,1H3,(H,14,15). The Kier molecular flexibility index (Phi) is 2.91. The Labute approximate surface area is 95.8 Å². The summed E-state index contributed by atoms with van der Waals surface area (Å²) in [5.74, 6) is -0.461. The van der Waals surface area contributed by atoms with Crippen LogP contribution in [0.4, 0.5) is 0 Å². The summed E-state index contributed by atoms with van der Waals surface area (Å²) >= 11 is 1.43. The highest BCUT2D eigenvalue weighted by molar-refractivity contribution is 7.13. The lowest BCUT2D eigenvalue weighted by molar-refractivity contribution is 0.0694. The Hall–Kier alpha value is -1.82. The predicted octanol–water partition coefficient (Wildman–Crippen LogP) is 1.86. The number of carbonyl (C=O) groups is 1. The summed E-state index contributed by atoms with van der Waals surface area (Å²) in [5.41, 5.74) is 2.40. The van der Waals surface area contributed by atoms with E-state index >= 15 is 0 Å². The predicted molar refractivity (Wildman–Crippen MR) is 59.5 cm³/mol. The van der Waals surface area contributed by atoms with Crippen molar-refractivity contribution in [1.82, 2.24) is 15.0 Å². The zero-order valence-electron chi connectivity index (χ0n) is 8.54. The van der Waals surface area contributed by atoms with Crippen molar-refractivity contribution in [2.24, 2.45) is 0 Å². The molecule has 16 heavy (non-hydrogen) atoms. The van der Waals surface area contributed by atoms with Gasteiger partial charge in [-0.15, -0.1) is 11.3 Å². The highest BCUT2D eigenvalue weighted by Crippen LogP contribution is 2.20. The maximum absolute atomic E-state index is 10.9. The minimum Gasteiger partial charge on any atom is -0.478 e. The van der Waals surface area contributed by atoms with Crippen molar-refractivity contribution in [3.63, 3.8) is 0 Å². The van der Waals surface area contributed by atoms with Crippen LogP contribution in [-0.2, 0) is 6.42 Å². The number of carboxylic acid groups (broad SMARTS) is 1. The molecule has 0 unspecified atom stereocenters. The Morgan fingerprint density at radius 1 is 1.50 bits per heavy atom. The molecule has 82 valence electrons. The average Bonchev–Trinajstić information content (AvgIpc) is 2.81. The molecule has 0 aliphatic carbocycles. The molecule has 0 bridgehead atoms. The summed E-state index contributed by atoms with van der Waals surface area (Å²) in [6.07, 6.45) is 3.58. The van der Waals surface area contributed by atoms with Crippen molar-refractivity contribution in [3.05, 3.63) is 29.2 Å². The van der Waals surface area contributed by atoms with Crippen molar-refractivity contribution >= 4 is 17.3 Å². The number of nitrogens with zero attached hydrogens (tertiary/aromatic N) is 3.